The van der Waals surface area contributed by atoms with Gasteiger partial charge in [0.05, 0.1) is 45.1 Å². The van der Waals surface area contributed by atoms with Crippen LogP contribution >= 0.6 is 0 Å². The van der Waals surface area contributed by atoms with Crippen LogP contribution in [0.1, 0.15) is 47.8 Å². The SMILES string of the molecule is C=C1/C(COc2ccc(N3CCOCC3)cc2)=N\NCCOCCCCn2c(C(=O)OCC)c(CCCOc3cccc4ccccc34)c3cccc1c32. The van der Waals surface area contributed by atoms with Crippen molar-refractivity contribution in [3.05, 3.63) is 108 Å². The third-order valence-electron chi connectivity index (χ3n) is 9.99. The number of fused-ring (bicyclic) bond motifs is 1. The van der Waals surface area contributed by atoms with E-state index in [4.69, 9.17) is 28.8 Å². The lowest BCUT2D eigenvalue weighted by molar-refractivity contribution is 0.0512. The molecule has 0 bridgehead atoms. The summed E-state index contributed by atoms with van der Waals surface area (Å²) in [5, 5.41) is 8.01. The predicted molar refractivity (Wildman–Crippen MR) is 215 cm³/mol. The van der Waals surface area contributed by atoms with Crippen LogP contribution in [0.25, 0.3) is 27.2 Å². The lowest BCUT2D eigenvalue weighted by Crippen LogP contribution is -2.36. The second kappa shape index (κ2) is 18.1. The zero-order valence-electron chi connectivity index (χ0n) is 31.2. The van der Waals surface area contributed by atoms with E-state index < -0.39 is 0 Å². The van der Waals surface area contributed by atoms with Gasteiger partial charge < -0.3 is 38.6 Å². The molecule has 2 aliphatic heterocycles. The van der Waals surface area contributed by atoms with Gasteiger partial charge >= 0.3 is 5.97 Å². The lowest BCUT2D eigenvalue weighted by atomic mass is 9.98. The predicted octanol–water partition coefficient (Wildman–Crippen LogP) is 7.67. The fourth-order valence-electron chi connectivity index (χ4n) is 7.30. The first-order valence-corrected chi connectivity index (χ1v) is 19.2. The number of hydrogen-bond donors (Lipinski definition) is 1. The van der Waals surface area contributed by atoms with Crippen LogP contribution in [0.5, 0.6) is 11.5 Å². The number of hydrazone groups is 1. The molecular formula is C44H50N4O6. The molecule has 10 heteroatoms. The number of aromatic nitrogens is 1. The summed E-state index contributed by atoms with van der Waals surface area (Å²) in [4.78, 5) is 16.2. The van der Waals surface area contributed by atoms with E-state index in [2.05, 4.69) is 63.9 Å². The molecule has 54 heavy (non-hydrogen) atoms. The van der Waals surface area contributed by atoms with Crippen molar-refractivity contribution in [1.29, 1.82) is 0 Å². The highest BCUT2D eigenvalue weighted by atomic mass is 16.5. The van der Waals surface area contributed by atoms with E-state index in [-0.39, 0.29) is 19.2 Å². The molecule has 1 N–H and O–H groups in total. The number of hydrogen-bond acceptors (Lipinski definition) is 9. The molecule has 7 rings (SSSR count). The van der Waals surface area contributed by atoms with Crippen LogP contribution in [0, 0.1) is 0 Å². The smallest absolute Gasteiger partial charge is 0.355 e. The molecule has 282 valence electrons. The third kappa shape index (κ3) is 8.56. The van der Waals surface area contributed by atoms with Gasteiger partial charge in [-0.2, -0.15) is 5.10 Å². The average molecular weight is 731 g/mol. The summed E-state index contributed by atoms with van der Waals surface area (Å²) in [6.07, 6.45) is 3.03. The summed E-state index contributed by atoms with van der Waals surface area (Å²) < 4.78 is 32.0. The monoisotopic (exact) mass is 730 g/mol. The van der Waals surface area contributed by atoms with Crippen LogP contribution in [0.2, 0.25) is 0 Å². The van der Waals surface area contributed by atoms with Gasteiger partial charge in [0.2, 0.25) is 0 Å². The van der Waals surface area contributed by atoms with E-state index in [1.165, 1.54) is 0 Å². The Balaban J connectivity index is 1.19. The zero-order chi connectivity index (χ0) is 37.1. The fourth-order valence-corrected chi connectivity index (χ4v) is 7.30. The summed E-state index contributed by atoms with van der Waals surface area (Å²) >= 11 is 0. The molecule has 0 spiro atoms. The number of carbonyl (C=O) groups excluding carboxylic acids is 1. The average Bonchev–Trinajstić information content (AvgIpc) is 3.53. The maximum atomic E-state index is 13.9. The Hall–Kier alpha value is -5.32. The Morgan fingerprint density at radius 2 is 1.63 bits per heavy atom. The Kier molecular flexibility index (Phi) is 12.4. The summed E-state index contributed by atoms with van der Waals surface area (Å²) in [5.74, 6) is 1.27. The number of nitrogens with zero attached hydrogens (tertiary/aromatic N) is 3. The third-order valence-corrected chi connectivity index (χ3v) is 9.99. The van der Waals surface area contributed by atoms with Gasteiger partial charge in [-0.05, 0) is 73.9 Å². The van der Waals surface area contributed by atoms with Crippen molar-refractivity contribution < 1.29 is 28.5 Å². The highest BCUT2D eigenvalue weighted by Crippen LogP contribution is 2.35. The van der Waals surface area contributed by atoms with Gasteiger partial charge in [-0.1, -0.05) is 61.2 Å². The van der Waals surface area contributed by atoms with Gasteiger partial charge in [-0.3, -0.25) is 0 Å². The van der Waals surface area contributed by atoms with E-state index >= 15 is 0 Å². The molecule has 10 nitrogen and oxygen atoms in total. The maximum absolute atomic E-state index is 13.9. The van der Waals surface area contributed by atoms with E-state index in [0.717, 1.165) is 94.7 Å². The number of para-hydroxylation sites is 1. The van der Waals surface area contributed by atoms with Crippen molar-refractivity contribution in [3.63, 3.8) is 0 Å². The Morgan fingerprint density at radius 3 is 2.48 bits per heavy atom. The minimum atomic E-state index is -0.327. The number of esters is 1. The molecule has 1 fully saturated rings. The van der Waals surface area contributed by atoms with Gasteiger partial charge in [-0.15, -0.1) is 0 Å². The summed E-state index contributed by atoms with van der Waals surface area (Å²) in [5.41, 5.74) is 9.08. The normalized spacial score (nSPS) is 16.6. The minimum absolute atomic E-state index is 0.198. The summed E-state index contributed by atoms with van der Waals surface area (Å²) in [7, 11) is 0. The Labute approximate surface area is 317 Å². The highest BCUT2D eigenvalue weighted by Gasteiger charge is 2.27. The van der Waals surface area contributed by atoms with Crippen LogP contribution < -0.4 is 19.8 Å². The number of carbonyl (C=O) groups is 1. The van der Waals surface area contributed by atoms with E-state index in [9.17, 15) is 4.79 Å². The van der Waals surface area contributed by atoms with Crippen LogP contribution in [0.3, 0.4) is 0 Å². The molecule has 0 aliphatic carbocycles. The van der Waals surface area contributed by atoms with Gasteiger partial charge in [0.1, 0.15) is 29.5 Å². The Morgan fingerprint density at radius 1 is 0.852 bits per heavy atom. The molecule has 5 aromatic rings. The molecule has 1 aromatic heterocycles. The van der Waals surface area contributed by atoms with Crippen molar-refractivity contribution in [2.24, 2.45) is 5.10 Å². The lowest BCUT2D eigenvalue weighted by Gasteiger charge is -2.28. The van der Waals surface area contributed by atoms with Gasteiger partial charge in [-0.25, -0.2) is 4.79 Å². The van der Waals surface area contributed by atoms with Gasteiger partial charge in [0, 0.05) is 53.8 Å². The molecule has 0 unspecified atom stereocenters. The van der Waals surface area contributed by atoms with E-state index in [1.807, 2.05) is 49.4 Å². The number of nitrogens with one attached hydrogen (secondary N) is 1. The quantitative estimate of drug-likeness (QED) is 0.109. The maximum Gasteiger partial charge on any atom is 0.355 e. The first-order valence-electron chi connectivity index (χ1n) is 19.2. The number of rotatable bonds is 11. The first-order chi connectivity index (χ1) is 26.6. The van der Waals surface area contributed by atoms with E-state index in [0.29, 0.717) is 57.2 Å². The van der Waals surface area contributed by atoms with Crippen molar-refractivity contribution >= 4 is 44.6 Å². The van der Waals surface area contributed by atoms with Gasteiger partial charge in [0.25, 0.3) is 0 Å². The summed E-state index contributed by atoms with van der Waals surface area (Å²) in [6.45, 7) is 12.9. The number of anilines is 1. The Bertz CT molecular complexity index is 2080. The van der Waals surface area contributed by atoms with Crippen molar-refractivity contribution in [3.8, 4) is 11.5 Å². The van der Waals surface area contributed by atoms with Crippen molar-refractivity contribution in [2.75, 3.05) is 70.8 Å². The molecular weight excluding hydrogens is 681 g/mol. The molecule has 2 aliphatic rings. The summed E-state index contributed by atoms with van der Waals surface area (Å²) in [6, 6.07) is 28.7. The highest BCUT2D eigenvalue weighted by molar-refractivity contribution is 6.26. The van der Waals surface area contributed by atoms with Crippen LogP contribution in [-0.2, 0) is 27.2 Å². The minimum Gasteiger partial charge on any atom is -0.493 e. The van der Waals surface area contributed by atoms with Crippen LogP contribution in [0.4, 0.5) is 5.69 Å². The van der Waals surface area contributed by atoms with Gasteiger partial charge in [0.15, 0.2) is 0 Å². The van der Waals surface area contributed by atoms with Crippen LogP contribution in [0.15, 0.2) is 96.6 Å². The molecule has 0 saturated carbocycles. The zero-order valence-corrected chi connectivity index (χ0v) is 31.2. The first kappa shape index (κ1) is 37.0. The molecule has 1 saturated heterocycles. The second-order valence-corrected chi connectivity index (χ2v) is 13.5. The number of morpholine rings is 1. The fraction of sp³-hybridized carbons (Fsp3) is 0.364. The molecule has 0 atom stereocenters. The molecule has 0 amide bonds. The number of aryl methyl sites for hydroxylation is 2. The number of ether oxygens (including phenoxy) is 5. The topological polar surface area (TPSA) is 95.8 Å². The molecule has 0 radical (unpaired) electrons. The molecule has 3 heterocycles. The van der Waals surface area contributed by atoms with Crippen LogP contribution in [-0.4, -0.2) is 82.1 Å². The second-order valence-electron chi connectivity index (χ2n) is 13.5. The van der Waals surface area contributed by atoms with Crippen molar-refractivity contribution in [2.45, 2.75) is 39.2 Å². The van der Waals surface area contributed by atoms with Crippen molar-refractivity contribution in [1.82, 2.24) is 9.99 Å². The largest absolute Gasteiger partial charge is 0.493 e. The number of benzene rings is 4. The molecule has 4 aromatic carbocycles. The van der Waals surface area contributed by atoms with E-state index in [1.54, 1.807) is 0 Å². The standard InChI is InChI=1S/C44H50N4O6/c1-3-52-44(49)43-39(16-10-27-53-41-17-8-12-33-11-4-5-13-37(33)41)38-15-9-14-36-32(2)40(46-45-22-28-50-26-7-6-23-48(43)42(36)38)31-54-35-20-18-34(19-21-35)47-24-29-51-30-25-47/h4-5,8-9,11-15,17-21,45H,2-3,6-7,10,16,22-31H2,1H3/b46-40-.